The van der Waals surface area contributed by atoms with Crippen LogP contribution in [0.15, 0.2) is 24.3 Å². The summed E-state index contributed by atoms with van der Waals surface area (Å²) >= 11 is 0. The Balaban J connectivity index is 1.76. The number of hydrogen-bond donors (Lipinski definition) is 1. The number of hydrogen-bond acceptors (Lipinski definition) is 1. The zero-order valence-corrected chi connectivity index (χ0v) is 7.59. The third-order valence-corrected chi connectivity index (χ3v) is 2.34. The molecule has 0 radical (unpaired) electrons. The van der Waals surface area contributed by atoms with Gasteiger partial charge in [0, 0.05) is 6.04 Å². The summed E-state index contributed by atoms with van der Waals surface area (Å²) in [4.78, 5) is 0. The van der Waals surface area contributed by atoms with Crippen LogP contribution < -0.4 is 5.32 Å². The van der Waals surface area contributed by atoms with E-state index < -0.39 is 0 Å². The Labute approximate surface area is 78.0 Å². The second-order valence-electron chi connectivity index (χ2n) is 3.60. The van der Waals surface area contributed by atoms with Gasteiger partial charge in [-0.25, -0.2) is 4.39 Å². The van der Waals surface area contributed by atoms with Gasteiger partial charge < -0.3 is 5.32 Å². The van der Waals surface area contributed by atoms with Gasteiger partial charge in [0.1, 0.15) is 5.82 Å². The van der Waals surface area contributed by atoms with Crippen molar-refractivity contribution in [1.82, 2.24) is 5.32 Å². The summed E-state index contributed by atoms with van der Waals surface area (Å²) in [6, 6.07) is 7.51. The maximum atomic E-state index is 12.5. The molecule has 0 heterocycles. The molecule has 1 aliphatic carbocycles. The molecule has 1 N–H and O–H groups in total. The smallest absolute Gasteiger partial charge is 0.123 e. The Hall–Kier alpha value is -0.890. The van der Waals surface area contributed by atoms with E-state index in [-0.39, 0.29) is 5.82 Å². The van der Waals surface area contributed by atoms with Crippen molar-refractivity contribution in [3.8, 4) is 0 Å². The van der Waals surface area contributed by atoms with E-state index >= 15 is 0 Å². The standard InChI is InChI=1S/C11H14FN/c12-10-3-1-9(2-4-10)7-8-13-11-5-6-11/h1-4,11,13H,5-8H2. The fourth-order valence-corrected chi connectivity index (χ4v) is 1.36. The van der Waals surface area contributed by atoms with Crippen LogP contribution in [0.2, 0.25) is 0 Å². The van der Waals surface area contributed by atoms with E-state index in [0.717, 1.165) is 19.0 Å². The molecule has 1 aromatic rings. The van der Waals surface area contributed by atoms with Crippen LogP contribution in [0.3, 0.4) is 0 Å². The van der Waals surface area contributed by atoms with E-state index in [2.05, 4.69) is 5.32 Å². The van der Waals surface area contributed by atoms with Crippen LogP contribution in [-0.2, 0) is 6.42 Å². The normalized spacial score (nSPS) is 16.1. The molecule has 0 aromatic heterocycles. The van der Waals surface area contributed by atoms with Crippen molar-refractivity contribution in [2.24, 2.45) is 0 Å². The van der Waals surface area contributed by atoms with Gasteiger partial charge in [0.2, 0.25) is 0 Å². The van der Waals surface area contributed by atoms with Gasteiger partial charge in [-0.1, -0.05) is 12.1 Å². The molecule has 70 valence electrons. The number of rotatable bonds is 4. The summed E-state index contributed by atoms with van der Waals surface area (Å²) in [5, 5.41) is 3.43. The highest BCUT2D eigenvalue weighted by Gasteiger charge is 2.19. The number of benzene rings is 1. The average molecular weight is 179 g/mol. The summed E-state index contributed by atoms with van der Waals surface area (Å²) < 4.78 is 12.5. The Morgan fingerprint density at radius 2 is 1.92 bits per heavy atom. The lowest BCUT2D eigenvalue weighted by atomic mass is 10.1. The Kier molecular flexibility index (Phi) is 2.60. The van der Waals surface area contributed by atoms with E-state index in [1.54, 1.807) is 0 Å². The molecule has 0 atom stereocenters. The second-order valence-corrected chi connectivity index (χ2v) is 3.60. The van der Waals surface area contributed by atoms with Gasteiger partial charge in [-0.3, -0.25) is 0 Å². The molecule has 1 nitrogen and oxygen atoms in total. The van der Waals surface area contributed by atoms with Crippen LogP contribution in [0.25, 0.3) is 0 Å². The summed E-state index contributed by atoms with van der Waals surface area (Å²) in [6.07, 6.45) is 3.64. The molecular weight excluding hydrogens is 165 g/mol. The minimum atomic E-state index is -0.154. The highest BCUT2D eigenvalue weighted by atomic mass is 19.1. The van der Waals surface area contributed by atoms with Gasteiger partial charge in [-0.15, -0.1) is 0 Å². The molecule has 1 aromatic carbocycles. The van der Waals surface area contributed by atoms with Crippen molar-refractivity contribution in [3.05, 3.63) is 35.6 Å². The van der Waals surface area contributed by atoms with Crippen molar-refractivity contribution in [2.45, 2.75) is 25.3 Å². The molecule has 1 aliphatic rings. The van der Waals surface area contributed by atoms with Gasteiger partial charge in [0.05, 0.1) is 0 Å². The minimum absolute atomic E-state index is 0.154. The maximum Gasteiger partial charge on any atom is 0.123 e. The maximum absolute atomic E-state index is 12.5. The van der Waals surface area contributed by atoms with Crippen LogP contribution in [0, 0.1) is 5.82 Å². The summed E-state index contributed by atoms with van der Waals surface area (Å²) in [5.41, 5.74) is 1.20. The highest BCUT2D eigenvalue weighted by molar-refractivity contribution is 5.16. The lowest BCUT2D eigenvalue weighted by molar-refractivity contribution is 0.625. The molecule has 0 bridgehead atoms. The van der Waals surface area contributed by atoms with Gasteiger partial charge in [-0.2, -0.15) is 0 Å². The first-order valence-corrected chi connectivity index (χ1v) is 4.82. The predicted octanol–water partition coefficient (Wildman–Crippen LogP) is 2.12. The first-order chi connectivity index (χ1) is 6.34. The molecule has 0 unspecified atom stereocenters. The zero-order valence-electron chi connectivity index (χ0n) is 7.59. The van der Waals surface area contributed by atoms with Crippen LogP contribution in [0.4, 0.5) is 4.39 Å². The first-order valence-electron chi connectivity index (χ1n) is 4.82. The lowest BCUT2D eigenvalue weighted by Gasteiger charge is -2.02. The van der Waals surface area contributed by atoms with Gasteiger partial charge in [0.25, 0.3) is 0 Å². The Bertz CT molecular complexity index is 264. The van der Waals surface area contributed by atoms with Crippen LogP contribution in [0.1, 0.15) is 18.4 Å². The molecule has 1 saturated carbocycles. The largest absolute Gasteiger partial charge is 0.314 e. The van der Waals surface area contributed by atoms with Gasteiger partial charge in [0.15, 0.2) is 0 Å². The van der Waals surface area contributed by atoms with E-state index in [4.69, 9.17) is 0 Å². The molecule has 1 fully saturated rings. The Morgan fingerprint density at radius 1 is 1.23 bits per heavy atom. The van der Waals surface area contributed by atoms with Gasteiger partial charge >= 0.3 is 0 Å². The quantitative estimate of drug-likeness (QED) is 0.746. The molecule has 0 amide bonds. The Morgan fingerprint density at radius 3 is 2.54 bits per heavy atom. The second kappa shape index (κ2) is 3.88. The molecular formula is C11H14FN. The van der Waals surface area contributed by atoms with Gasteiger partial charge in [-0.05, 0) is 43.5 Å². The number of nitrogens with one attached hydrogen (secondary N) is 1. The molecule has 0 aliphatic heterocycles. The summed E-state index contributed by atoms with van der Waals surface area (Å²) in [6.45, 7) is 1.01. The van der Waals surface area contributed by atoms with E-state index in [1.807, 2.05) is 12.1 Å². The fraction of sp³-hybridized carbons (Fsp3) is 0.455. The van der Waals surface area contributed by atoms with Crippen molar-refractivity contribution in [3.63, 3.8) is 0 Å². The SMILES string of the molecule is Fc1ccc(CCNC2CC2)cc1. The topological polar surface area (TPSA) is 12.0 Å². The van der Waals surface area contributed by atoms with Crippen molar-refractivity contribution >= 4 is 0 Å². The number of halogens is 1. The predicted molar refractivity (Wildman–Crippen MR) is 51.1 cm³/mol. The monoisotopic (exact) mass is 179 g/mol. The van der Waals surface area contributed by atoms with E-state index in [0.29, 0.717) is 0 Å². The average Bonchev–Trinajstić information content (AvgIpc) is 2.92. The minimum Gasteiger partial charge on any atom is -0.314 e. The van der Waals surface area contributed by atoms with Crippen molar-refractivity contribution in [1.29, 1.82) is 0 Å². The molecule has 0 saturated heterocycles. The highest BCUT2D eigenvalue weighted by Crippen LogP contribution is 2.18. The zero-order chi connectivity index (χ0) is 9.10. The summed E-state index contributed by atoms with van der Waals surface area (Å²) in [5.74, 6) is -0.154. The van der Waals surface area contributed by atoms with Crippen LogP contribution >= 0.6 is 0 Å². The van der Waals surface area contributed by atoms with E-state index in [9.17, 15) is 4.39 Å². The molecule has 0 spiro atoms. The molecule has 2 heteroatoms. The van der Waals surface area contributed by atoms with Crippen LogP contribution in [-0.4, -0.2) is 12.6 Å². The third kappa shape index (κ3) is 2.81. The lowest BCUT2D eigenvalue weighted by Crippen LogP contribution is -2.19. The van der Waals surface area contributed by atoms with Crippen molar-refractivity contribution in [2.75, 3.05) is 6.54 Å². The fourth-order valence-electron chi connectivity index (χ4n) is 1.36. The third-order valence-electron chi connectivity index (χ3n) is 2.34. The molecule has 2 rings (SSSR count). The first kappa shape index (κ1) is 8.70. The summed E-state index contributed by atoms with van der Waals surface area (Å²) in [7, 11) is 0. The van der Waals surface area contributed by atoms with Crippen molar-refractivity contribution < 1.29 is 4.39 Å². The van der Waals surface area contributed by atoms with Crippen LogP contribution in [0.5, 0.6) is 0 Å². The van der Waals surface area contributed by atoms with E-state index in [1.165, 1.54) is 30.5 Å². The molecule has 13 heavy (non-hydrogen) atoms.